The minimum atomic E-state index is -4.44. The first kappa shape index (κ1) is 22.2. The lowest BCUT2D eigenvalue weighted by atomic mass is 10.1. The summed E-state index contributed by atoms with van der Waals surface area (Å²) in [5, 5.41) is 4.68. The molecule has 0 radical (unpaired) electrons. The minimum absolute atomic E-state index is 0.293. The Morgan fingerprint density at radius 3 is 2.36 bits per heavy atom. The van der Waals surface area contributed by atoms with Gasteiger partial charge in [0.25, 0.3) is 5.91 Å². The number of nitrogen functional groups attached to an aromatic ring is 1. The van der Waals surface area contributed by atoms with E-state index in [4.69, 9.17) is 11.6 Å². The number of nitrogens with one attached hydrogen (secondary N) is 1. The number of nitrogens with two attached hydrogens (primary N) is 2. The Balaban J connectivity index is 1.73. The number of nitrogens with zero attached hydrogens (tertiary/aromatic N) is 3. The molecule has 0 aliphatic carbocycles. The van der Waals surface area contributed by atoms with E-state index < -0.39 is 11.7 Å². The molecule has 0 bridgehead atoms. The number of amides is 1. The zero-order valence-corrected chi connectivity index (χ0v) is 17.6. The van der Waals surface area contributed by atoms with Crippen LogP contribution in [0, 0.1) is 0 Å². The largest absolute Gasteiger partial charge is 0.416 e. The first-order chi connectivity index (χ1) is 15.7. The van der Waals surface area contributed by atoms with Crippen LogP contribution in [-0.2, 0) is 12.7 Å². The summed E-state index contributed by atoms with van der Waals surface area (Å²) in [6.07, 6.45) is -1.16. The van der Waals surface area contributed by atoms with Crippen LogP contribution in [0.15, 0.2) is 67.0 Å². The quantitative estimate of drug-likeness (QED) is 0.314. The number of fused-ring (bicyclic) bond motifs is 1. The second-order valence-corrected chi connectivity index (χ2v) is 7.50. The van der Waals surface area contributed by atoms with E-state index in [1.165, 1.54) is 17.1 Å². The van der Waals surface area contributed by atoms with Crippen LogP contribution in [0.4, 0.5) is 24.7 Å². The summed E-state index contributed by atoms with van der Waals surface area (Å²) in [7, 11) is 1.58. The molecule has 7 nitrogen and oxygen atoms in total. The number of hydrogen-bond acceptors (Lipinski definition) is 5. The van der Waals surface area contributed by atoms with Crippen LogP contribution in [0.3, 0.4) is 0 Å². The maximum atomic E-state index is 13.0. The number of alkyl halides is 3. The number of carbonyl (C=O) groups excluding carboxylic acids is 1. The van der Waals surface area contributed by atoms with Crippen LogP contribution < -0.4 is 21.9 Å². The number of rotatable bonds is 5. The van der Waals surface area contributed by atoms with Gasteiger partial charge in [0.05, 0.1) is 16.8 Å². The van der Waals surface area contributed by atoms with Crippen molar-refractivity contribution in [1.29, 1.82) is 0 Å². The van der Waals surface area contributed by atoms with Gasteiger partial charge in [0.2, 0.25) is 0 Å². The molecule has 170 valence electrons. The standard InChI is InChI=1S/C23H21F3N6O/c1-31(28)22-20(27)18-12-15(21(33)30-13-14-8-10-29-11-9-14)2-7-19(18)32(22)17-5-3-16(4-6-17)23(24,25)26/h2-12H,13,27-28H2,1H3,(H,30,33). The fourth-order valence-corrected chi connectivity index (χ4v) is 3.64. The maximum absolute atomic E-state index is 13.0. The summed E-state index contributed by atoms with van der Waals surface area (Å²) in [4.78, 5) is 16.6. The summed E-state index contributed by atoms with van der Waals surface area (Å²) in [5.74, 6) is 6.09. The van der Waals surface area contributed by atoms with Crippen molar-refractivity contribution in [3.05, 3.63) is 83.7 Å². The summed E-state index contributed by atoms with van der Waals surface area (Å²) in [5.41, 5.74) is 8.24. The minimum Gasteiger partial charge on any atom is -0.395 e. The maximum Gasteiger partial charge on any atom is 0.416 e. The predicted octanol–water partition coefficient (Wildman–Crippen LogP) is 3.87. The molecule has 2 aromatic carbocycles. The highest BCUT2D eigenvalue weighted by Crippen LogP contribution is 2.38. The third-order valence-corrected chi connectivity index (χ3v) is 5.23. The average Bonchev–Trinajstić information content (AvgIpc) is 3.09. The monoisotopic (exact) mass is 454 g/mol. The highest BCUT2D eigenvalue weighted by molar-refractivity contribution is 6.05. The summed E-state index contributed by atoms with van der Waals surface area (Å²) in [6.45, 7) is 0.332. The highest BCUT2D eigenvalue weighted by Gasteiger charge is 2.30. The molecule has 0 atom stereocenters. The molecule has 0 aliphatic rings. The van der Waals surface area contributed by atoms with Crippen molar-refractivity contribution in [2.24, 2.45) is 5.84 Å². The molecule has 0 aliphatic heterocycles. The normalized spacial score (nSPS) is 11.5. The molecule has 0 saturated carbocycles. The summed E-state index contributed by atoms with van der Waals surface area (Å²) >= 11 is 0. The number of benzene rings is 2. The van der Waals surface area contributed by atoms with Crippen molar-refractivity contribution >= 4 is 28.3 Å². The second-order valence-electron chi connectivity index (χ2n) is 7.50. The van der Waals surface area contributed by atoms with E-state index in [9.17, 15) is 18.0 Å². The lowest BCUT2D eigenvalue weighted by molar-refractivity contribution is -0.137. The van der Waals surface area contributed by atoms with Gasteiger partial charge in [0.15, 0.2) is 5.82 Å². The molecule has 0 spiro atoms. The Bertz CT molecular complexity index is 1300. The van der Waals surface area contributed by atoms with Gasteiger partial charge in [-0.1, -0.05) is 0 Å². The lowest BCUT2D eigenvalue weighted by Gasteiger charge is -2.18. The van der Waals surface area contributed by atoms with Gasteiger partial charge in [-0.05, 0) is 60.2 Å². The number of hydrogen-bond donors (Lipinski definition) is 3. The molecule has 0 fully saturated rings. The van der Waals surface area contributed by atoms with Crippen LogP contribution in [-0.4, -0.2) is 22.5 Å². The van der Waals surface area contributed by atoms with E-state index in [0.717, 1.165) is 17.7 Å². The lowest BCUT2D eigenvalue weighted by Crippen LogP contribution is -2.28. The molecule has 2 heterocycles. The van der Waals surface area contributed by atoms with Crippen LogP contribution >= 0.6 is 0 Å². The Morgan fingerprint density at radius 2 is 1.76 bits per heavy atom. The van der Waals surface area contributed by atoms with Crippen LogP contribution in [0.2, 0.25) is 0 Å². The zero-order valence-electron chi connectivity index (χ0n) is 17.6. The van der Waals surface area contributed by atoms with Crippen molar-refractivity contribution in [3.63, 3.8) is 0 Å². The van der Waals surface area contributed by atoms with Gasteiger partial charge in [-0.3, -0.25) is 19.4 Å². The average molecular weight is 454 g/mol. The molecule has 33 heavy (non-hydrogen) atoms. The molecule has 5 N–H and O–H groups in total. The predicted molar refractivity (Wildman–Crippen MR) is 121 cm³/mol. The fourth-order valence-electron chi connectivity index (χ4n) is 3.64. The Labute approximate surface area is 187 Å². The molecule has 4 rings (SSSR count). The zero-order chi connectivity index (χ0) is 23.8. The SMILES string of the molecule is CN(N)c1c(N)c2cc(C(=O)NCc3ccncc3)ccc2n1-c1ccc(C(F)(F)F)cc1. The van der Waals surface area contributed by atoms with Crippen molar-refractivity contribution < 1.29 is 18.0 Å². The van der Waals surface area contributed by atoms with Crippen molar-refractivity contribution in [2.75, 3.05) is 17.8 Å². The van der Waals surface area contributed by atoms with E-state index in [0.29, 0.717) is 40.2 Å². The number of halogens is 3. The van der Waals surface area contributed by atoms with E-state index in [1.807, 2.05) is 0 Å². The van der Waals surface area contributed by atoms with Crippen LogP contribution in [0.5, 0.6) is 0 Å². The molecule has 0 unspecified atom stereocenters. The third kappa shape index (κ3) is 4.33. The summed E-state index contributed by atoms with van der Waals surface area (Å²) in [6, 6.07) is 13.3. The smallest absolute Gasteiger partial charge is 0.395 e. The van der Waals surface area contributed by atoms with Gasteiger partial charge < -0.3 is 11.1 Å². The Kier molecular flexibility index (Phi) is 5.69. The number of aromatic nitrogens is 2. The summed E-state index contributed by atoms with van der Waals surface area (Å²) < 4.78 is 40.6. The molecule has 2 aromatic heterocycles. The Morgan fingerprint density at radius 1 is 1.09 bits per heavy atom. The Hall–Kier alpha value is -4.05. The van der Waals surface area contributed by atoms with E-state index in [1.54, 1.807) is 54.3 Å². The van der Waals surface area contributed by atoms with Gasteiger partial charge in [-0.2, -0.15) is 13.2 Å². The number of carbonyl (C=O) groups is 1. The van der Waals surface area contributed by atoms with Crippen LogP contribution in [0.1, 0.15) is 21.5 Å². The van der Waals surface area contributed by atoms with Crippen molar-refractivity contribution in [1.82, 2.24) is 14.9 Å². The third-order valence-electron chi connectivity index (χ3n) is 5.23. The van der Waals surface area contributed by atoms with E-state index in [-0.39, 0.29) is 5.91 Å². The second kappa shape index (κ2) is 8.47. The molecular weight excluding hydrogens is 433 g/mol. The molecule has 0 saturated heterocycles. The topological polar surface area (TPSA) is 102 Å². The highest BCUT2D eigenvalue weighted by atomic mass is 19.4. The van der Waals surface area contributed by atoms with Crippen molar-refractivity contribution in [3.8, 4) is 5.69 Å². The molecular formula is C23H21F3N6O. The van der Waals surface area contributed by atoms with Gasteiger partial charge >= 0.3 is 6.18 Å². The van der Waals surface area contributed by atoms with E-state index in [2.05, 4.69) is 10.3 Å². The van der Waals surface area contributed by atoms with E-state index >= 15 is 0 Å². The number of hydrazine groups is 1. The van der Waals surface area contributed by atoms with Gasteiger partial charge in [0, 0.05) is 42.6 Å². The first-order valence-corrected chi connectivity index (χ1v) is 9.94. The first-order valence-electron chi connectivity index (χ1n) is 9.94. The molecule has 1 amide bonds. The molecule has 10 heteroatoms. The van der Waals surface area contributed by atoms with Crippen molar-refractivity contribution in [2.45, 2.75) is 12.7 Å². The van der Waals surface area contributed by atoms with Gasteiger partial charge in [-0.15, -0.1) is 0 Å². The fraction of sp³-hybridized carbons (Fsp3) is 0.130. The van der Waals surface area contributed by atoms with Gasteiger partial charge in [0.1, 0.15) is 0 Å². The number of pyridine rings is 1. The molecule has 4 aromatic rings. The van der Waals surface area contributed by atoms with Crippen LogP contribution in [0.25, 0.3) is 16.6 Å². The van der Waals surface area contributed by atoms with Gasteiger partial charge in [-0.25, -0.2) is 5.84 Å². The number of anilines is 2.